The SMILES string of the molecule is CCN=C(NC1CCN(C2CCCC2)C1)NC1CC1c1ccccc1.I. The van der Waals surface area contributed by atoms with Gasteiger partial charge in [-0.2, -0.15) is 0 Å². The van der Waals surface area contributed by atoms with Gasteiger partial charge in [0, 0.05) is 43.7 Å². The number of aliphatic imine (C=N–C) groups is 1. The first-order valence-corrected chi connectivity index (χ1v) is 10.2. The van der Waals surface area contributed by atoms with Crippen molar-refractivity contribution in [1.82, 2.24) is 15.5 Å². The van der Waals surface area contributed by atoms with Gasteiger partial charge in [-0.15, -0.1) is 24.0 Å². The van der Waals surface area contributed by atoms with Gasteiger partial charge in [0.25, 0.3) is 0 Å². The highest BCUT2D eigenvalue weighted by Crippen LogP contribution is 2.40. The van der Waals surface area contributed by atoms with Crippen molar-refractivity contribution < 1.29 is 0 Å². The summed E-state index contributed by atoms with van der Waals surface area (Å²) in [5.74, 6) is 1.66. The molecule has 5 heteroatoms. The summed E-state index contributed by atoms with van der Waals surface area (Å²) >= 11 is 0. The van der Waals surface area contributed by atoms with Gasteiger partial charge in [0.1, 0.15) is 0 Å². The van der Waals surface area contributed by atoms with Crippen LogP contribution in [0.3, 0.4) is 0 Å². The molecule has 3 fully saturated rings. The molecule has 1 saturated heterocycles. The van der Waals surface area contributed by atoms with Gasteiger partial charge in [0.15, 0.2) is 5.96 Å². The fourth-order valence-corrected chi connectivity index (χ4v) is 4.59. The number of benzene rings is 1. The fourth-order valence-electron chi connectivity index (χ4n) is 4.59. The monoisotopic (exact) mass is 468 g/mol. The standard InChI is InChI=1S/C21H32N4.HI/c1-2-22-21(24-20-14-19(20)16-8-4-3-5-9-16)23-17-12-13-25(15-17)18-10-6-7-11-18;/h3-5,8-9,17-20H,2,6-7,10-15H2,1H3,(H2,22,23,24);1H. The van der Waals surface area contributed by atoms with E-state index in [0.717, 1.165) is 18.5 Å². The second-order valence-corrected chi connectivity index (χ2v) is 7.89. The van der Waals surface area contributed by atoms with Gasteiger partial charge in [0.2, 0.25) is 0 Å². The Morgan fingerprint density at radius 2 is 1.88 bits per heavy atom. The second-order valence-electron chi connectivity index (χ2n) is 7.89. The van der Waals surface area contributed by atoms with Gasteiger partial charge < -0.3 is 10.6 Å². The molecule has 144 valence electrons. The van der Waals surface area contributed by atoms with Crippen LogP contribution in [-0.2, 0) is 0 Å². The summed E-state index contributed by atoms with van der Waals surface area (Å²) in [6, 6.07) is 12.8. The Kier molecular flexibility index (Phi) is 7.20. The molecule has 0 spiro atoms. The Labute approximate surface area is 175 Å². The maximum atomic E-state index is 4.69. The lowest BCUT2D eigenvalue weighted by Crippen LogP contribution is -2.46. The Balaban J connectivity index is 0.00000196. The fraction of sp³-hybridized carbons (Fsp3) is 0.667. The first kappa shape index (κ1) is 19.9. The highest BCUT2D eigenvalue weighted by molar-refractivity contribution is 14.0. The minimum Gasteiger partial charge on any atom is -0.353 e. The molecule has 1 aromatic carbocycles. The van der Waals surface area contributed by atoms with Gasteiger partial charge in [-0.05, 0) is 38.2 Å². The molecule has 1 aromatic rings. The number of hydrogen-bond donors (Lipinski definition) is 2. The third-order valence-corrected chi connectivity index (χ3v) is 6.06. The molecule has 1 heterocycles. The highest BCUT2D eigenvalue weighted by atomic mass is 127. The molecule has 0 radical (unpaired) electrons. The highest BCUT2D eigenvalue weighted by Gasteiger charge is 2.39. The van der Waals surface area contributed by atoms with E-state index in [0.29, 0.717) is 18.0 Å². The van der Waals surface area contributed by atoms with Crippen molar-refractivity contribution in [2.75, 3.05) is 19.6 Å². The smallest absolute Gasteiger partial charge is 0.191 e. The average Bonchev–Trinajstić information content (AvgIpc) is 3.03. The van der Waals surface area contributed by atoms with Crippen LogP contribution in [0, 0.1) is 0 Å². The number of likely N-dealkylation sites (tertiary alicyclic amines) is 1. The normalized spacial score (nSPS) is 29.4. The molecule has 26 heavy (non-hydrogen) atoms. The average molecular weight is 468 g/mol. The van der Waals surface area contributed by atoms with Crippen LogP contribution in [0.15, 0.2) is 35.3 Å². The molecule has 2 aliphatic carbocycles. The van der Waals surface area contributed by atoms with Gasteiger partial charge in [-0.1, -0.05) is 43.2 Å². The number of hydrogen-bond acceptors (Lipinski definition) is 2. The van der Waals surface area contributed by atoms with E-state index < -0.39 is 0 Å². The molecular weight excluding hydrogens is 435 g/mol. The number of guanidine groups is 1. The van der Waals surface area contributed by atoms with Crippen LogP contribution in [0.4, 0.5) is 0 Å². The summed E-state index contributed by atoms with van der Waals surface area (Å²) in [6.45, 7) is 5.38. The summed E-state index contributed by atoms with van der Waals surface area (Å²) in [4.78, 5) is 7.40. The number of nitrogens with zero attached hydrogens (tertiary/aromatic N) is 2. The molecule has 0 aromatic heterocycles. The van der Waals surface area contributed by atoms with Crippen LogP contribution in [0.5, 0.6) is 0 Å². The van der Waals surface area contributed by atoms with E-state index in [1.165, 1.54) is 57.2 Å². The van der Waals surface area contributed by atoms with Gasteiger partial charge in [-0.3, -0.25) is 9.89 Å². The largest absolute Gasteiger partial charge is 0.353 e. The molecule has 0 amide bonds. The van der Waals surface area contributed by atoms with E-state index in [1.54, 1.807) is 0 Å². The Bertz CT molecular complexity index is 585. The van der Waals surface area contributed by atoms with Crippen molar-refractivity contribution in [3.05, 3.63) is 35.9 Å². The van der Waals surface area contributed by atoms with Crippen LogP contribution >= 0.6 is 24.0 Å². The minimum absolute atomic E-state index is 0. The summed E-state index contributed by atoms with van der Waals surface area (Å²) in [6.07, 6.45) is 8.11. The summed E-state index contributed by atoms with van der Waals surface area (Å²) in [7, 11) is 0. The topological polar surface area (TPSA) is 39.7 Å². The number of halogens is 1. The number of rotatable bonds is 5. The van der Waals surface area contributed by atoms with E-state index in [4.69, 9.17) is 4.99 Å². The summed E-state index contributed by atoms with van der Waals surface area (Å²) < 4.78 is 0. The lowest BCUT2D eigenvalue weighted by atomic mass is 10.1. The molecule has 3 atom stereocenters. The first-order valence-electron chi connectivity index (χ1n) is 10.2. The zero-order valence-corrected chi connectivity index (χ0v) is 18.2. The molecule has 0 bridgehead atoms. The maximum absolute atomic E-state index is 4.69. The summed E-state index contributed by atoms with van der Waals surface area (Å²) in [5, 5.41) is 7.38. The quantitative estimate of drug-likeness (QED) is 0.393. The minimum atomic E-state index is 0. The van der Waals surface area contributed by atoms with E-state index in [-0.39, 0.29) is 24.0 Å². The van der Waals surface area contributed by atoms with Crippen LogP contribution in [0.2, 0.25) is 0 Å². The van der Waals surface area contributed by atoms with Crippen LogP contribution < -0.4 is 10.6 Å². The zero-order chi connectivity index (χ0) is 17.1. The van der Waals surface area contributed by atoms with Crippen molar-refractivity contribution >= 4 is 29.9 Å². The molecule has 1 aliphatic heterocycles. The third kappa shape index (κ3) is 4.91. The van der Waals surface area contributed by atoms with Gasteiger partial charge >= 0.3 is 0 Å². The molecule has 4 nitrogen and oxygen atoms in total. The Morgan fingerprint density at radius 1 is 1.12 bits per heavy atom. The van der Waals surface area contributed by atoms with Crippen molar-refractivity contribution in [3.63, 3.8) is 0 Å². The second kappa shape index (κ2) is 9.40. The Morgan fingerprint density at radius 3 is 2.62 bits per heavy atom. The number of nitrogens with one attached hydrogen (secondary N) is 2. The van der Waals surface area contributed by atoms with E-state index >= 15 is 0 Å². The van der Waals surface area contributed by atoms with Crippen molar-refractivity contribution in [1.29, 1.82) is 0 Å². The van der Waals surface area contributed by atoms with Crippen LogP contribution in [0.1, 0.15) is 56.9 Å². The molecule has 3 unspecified atom stereocenters. The lowest BCUT2D eigenvalue weighted by molar-refractivity contribution is 0.242. The molecule has 3 aliphatic rings. The lowest BCUT2D eigenvalue weighted by Gasteiger charge is -2.24. The predicted molar refractivity (Wildman–Crippen MR) is 119 cm³/mol. The van der Waals surface area contributed by atoms with Crippen molar-refractivity contribution in [3.8, 4) is 0 Å². The van der Waals surface area contributed by atoms with E-state index in [9.17, 15) is 0 Å². The summed E-state index contributed by atoms with van der Waals surface area (Å²) in [5.41, 5.74) is 1.45. The van der Waals surface area contributed by atoms with Crippen molar-refractivity contribution in [2.24, 2.45) is 4.99 Å². The van der Waals surface area contributed by atoms with Crippen molar-refractivity contribution in [2.45, 2.75) is 69.5 Å². The predicted octanol–water partition coefficient (Wildman–Crippen LogP) is 3.73. The maximum Gasteiger partial charge on any atom is 0.191 e. The third-order valence-electron chi connectivity index (χ3n) is 6.06. The molecule has 4 rings (SSSR count). The van der Waals surface area contributed by atoms with Gasteiger partial charge in [-0.25, -0.2) is 0 Å². The molecular formula is C21H33IN4. The first-order chi connectivity index (χ1) is 12.3. The van der Waals surface area contributed by atoms with Crippen LogP contribution in [-0.4, -0.2) is 48.6 Å². The van der Waals surface area contributed by atoms with E-state index in [1.807, 2.05) is 0 Å². The molecule has 2 saturated carbocycles. The molecule has 2 N–H and O–H groups in total. The zero-order valence-electron chi connectivity index (χ0n) is 15.9. The van der Waals surface area contributed by atoms with Gasteiger partial charge in [0.05, 0.1) is 0 Å². The van der Waals surface area contributed by atoms with Crippen LogP contribution in [0.25, 0.3) is 0 Å². The Hall–Kier alpha value is -0.820. The van der Waals surface area contributed by atoms with E-state index in [2.05, 4.69) is 52.8 Å².